The maximum Gasteiger partial charge on any atom is 0.338 e. The molecule has 0 aliphatic carbocycles. The molecule has 0 atom stereocenters. The van der Waals surface area contributed by atoms with Gasteiger partial charge in [0.1, 0.15) is 4.90 Å². The van der Waals surface area contributed by atoms with E-state index in [1.54, 1.807) is 0 Å². The Hall–Kier alpha value is -1.64. The van der Waals surface area contributed by atoms with E-state index in [4.69, 9.17) is 16.3 Å². The number of hydrogen-bond donors (Lipinski definition) is 2. The quantitative estimate of drug-likeness (QED) is 0.536. The molecule has 0 aliphatic heterocycles. The summed E-state index contributed by atoms with van der Waals surface area (Å²) >= 11 is 5.83. The molecule has 0 aromatic heterocycles. The largest absolute Gasteiger partial charge is 0.452 e. The number of halogens is 1. The van der Waals surface area contributed by atoms with Gasteiger partial charge in [-0.05, 0) is 31.7 Å². The van der Waals surface area contributed by atoms with Crippen LogP contribution in [0.4, 0.5) is 0 Å². The fourth-order valence-electron chi connectivity index (χ4n) is 1.62. The smallest absolute Gasteiger partial charge is 0.338 e. The lowest BCUT2D eigenvalue weighted by molar-refractivity contribution is -0.124. The number of carbonyl (C=O) groups excluding carboxylic acids is 2. The van der Waals surface area contributed by atoms with Crippen molar-refractivity contribution in [3.8, 4) is 0 Å². The first kappa shape index (κ1) is 19.4. The van der Waals surface area contributed by atoms with Gasteiger partial charge >= 0.3 is 5.97 Å². The molecule has 128 valence electrons. The van der Waals surface area contributed by atoms with E-state index in [1.807, 2.05) is 6.92 Å². The van der Waals surface area contributed by atoms with Gasteiger partial charge in [0.2, 0.25) is 10.0 Å². The molecular formula is C14H19ClN2O5S. The Bertz CT molecular complexity index is 676. The first-order valence-electron chi connectivity index (χ1n) is 6.98. The molecule has 1 aromatic rings. The highest BCUT2D eigenvalue weighted by Gasteiger charge is 2.19. The van der Waals surface area contributed by atoms with Crippen molar-refractivity contribution < 1.29 is 22.7 Å². The van der Waals surface area contributed by atoms with E-state index in [0.717, 1.165) is 18.9 Å². The van der Waals surface area contributed by atoms with Crippen molar-refractivity contribution in [2.75, 3.05) is 20.2 Å². The van der Waals surface area contributed by atoms with Gasteiger partial charge in [-0.15, -0.1) is 0 Å². The molecule has 0 bridgehead atoms. The van der Waals surface area contributed by atoms with E-state index >= 15 is 0 Å². The zero-order valence-corrected chi connectivity index (χ0v) is 14.5. The van der Waals surface area contributed by atoms with E-state index < -0.39 is 28.5 Å². The zero-order chi connectivity index (χ0) is 17.5. The van der Waals surface area contributed by atoms with Crippen LogP contribution < -0.4 is 10.0 Å². The molecule has 0 unspecified atom stereocenters. The van der Waals surface area contributed by atoms with Crippen molar-refractivity contribution in [1.82, 2.24) is 10.0 Å². The standard InChI is InChI=1S/C14H19ClN2O5S/c1-3-4-7-17-13(18)9-22-14(19)10-5-6-11(15)12(8-10)23(20,21)16-2/h5-6,8,16H,3-4,7,9H2,1-2H3,(H,17,18). The number of carbonyl (C=O) groups is 2. The van der Waals surface area contributed by atoms with Gasteiger partial charge in [-0.25, -0.2) is 17.9 Å². The van der Waals surface area contributed by atoms with Crippen LogP contribution in [0.3, 0.4) is 0 Å². The number of sulfonamides is 1. The lowest BCUT2D eigenvalue weighted by Gasteiger charge is -2.09. The number of amides is 1. The molecule has 23 heavy (non-hydrogen) atoms. The fourth-order valence-corrected chi connectivity index (χ4v) is 2.87. The van der Waals surface area contributed by atoms with Crippen LogP contribution in [-0.4, -0.2) is 40.5 Å². The summed E-state index contributed by atoms with van der Waals surface area (Å²) < 4.78 is 30.6. The van der Waals surface area contributed by atoms with Gasteiger partial charge in [0.25, 0.3) is 5.91 Å². The summed E-state index contributed by atoms with van der Waals surface area (Å²) in [4.78, 5) is 23.1. The monoisotopic (exact) mass is 362 g/mol. The molecule has 1 aromatic carbocycles. The van der Waals surface area contributed by atoms with E-state index in [1.165, 1.54) is 19.2 Å². The van der Waals surface area contributed by atoms with E-state index in [0.29, 0.717) is 6.54 Å². The molecule has 0 fully saturated rings. The Kier molecular flexibility index (Phi) is 7.47. The van der Waals surface area contributed by atoms with Crippen molar-refractivity contribution in [3.05, 3.63) is 28.8 Å². The molecule has 7 nitrogen and oxygen atoms in total. The van der Waals surface area contributed by atoms with Gasteiger partial charge in [0.15, 0.2) is 6.61 Å². The maximum atomic E-state index is 11.9. The summed E-state index contributed by atoms with van der Waals surface area (Å²) in [6, 6.07) is 3.71. The Morgan fingerprint density at radius 3 is 2.61 bits per heavy atom. The molecule has 0 heterocycles. The Morgan fingerprint density at radius 1 is 1.30 bits per heavy atom. The van der Waals surface area contributed by atoms with Crippen LogP contribution in [0.2, 0.25) is 5.02 Å². The summed E-state index contributed by atoms with van der Waals surface area (Å²) in [6.07, 6.45) is 1.77. The molecule has 0 saturated heterocycles. The summed E-state index contributed by atoms with van der Waals surface area (Å²) in [5, 5.41) is 2.58. The third kappa shape index (κ3) is 5.81. The van der Waals surface area contributed by atoms with Gasteiger partial charge in [0.05, 0.1) is 10.6 Å². The first-order chi connectivity index (χ1) is 10.8. The average molecular weight is 363 g/mol. The summed E-state index contributed by atoms with van der Waals surface area (Å²) in [6.45, 7) is 2.07. The van der Waals surface area contributed by atoms with Gasteiger partial charge in [-0.1, -0.05) is 24.9 Å². The lowest BCUT2D eigenvalue weighted by Crippen LogP contribution is -2.29. The van der Waals surface area contributed by atoms with Crippen LogP contribution in [-0.2, 0) is 19.6 Å². The second-order valence-corrected chi connectivity index (χ2v) is 6.89. The highest BCUT2D eigenvalue weighted by Crippen LogP contribution is 2.22. The van der Waals surface area contributed by atoms with Gasteiger partial charge < -0.3 is 10.1 Å². The fraction of sp³-hybridized carbons (Fsp3) is 0.429. The van der Waals surface area contributed by atoms with Crippen molar-refractivity contribution in [2.24, 2.45) is 0 Å². The number of nitrogens with one attached hydrogen (secondary N) is 2. The first-order valence-corrected chi connectivity index (χ1v) is 8.84. The van der Waals surface area contributed by atoms with Gasteiger partial charge in [-0.3, -0.25) is 4.79 Å². The maximum absolute atomic E-state index is 11.9. The predicted octanol–water partition coefficient (Wildman–Crippen LogP) is 1.32. The topological polar surface area (TPSA) is 102 Å². The van der Waals surface area contributed by atoms with E-state index in [-0.39, 0.29) is 15.5 Å². The minimum absolute atomic E-state index is 0.00965. The Balaban J connectivity index is 2.74. The number of benzene rings is 1. The lowest BCUT2D eigenvalue weighted by atomic mass is 10.2. The molecule has 0 saturated carbocycles. The number of hydrogen-bond acceptors (Lipinski definition) is 5. The van der Waals surface area contributed by atoms with Crippen molar-refractivity contribution in [2.45, 2.75) is 24.7 Å². The number of esters is 1. The minimum atomic E-state index is -3.80. The number of rotatable bonds is 8. The van der Waals surface area contributed by atoms with Gasteiger partial charge in [-0.2, -0.15) is 0 Å². The second-order valence-electron chi connectivity index (χ2n) is 4.63. The molecular weight excluding hydrogens is 344 g/mol. The number of ether oxygens (including phenoxy) is 1. The number of unbranched alkanes of at least 4 members (excludes halogenated alkanes) is 1. The van der Waals surface area contributed by atoms with E-state index in [9.17, 15) is 18.0 Å². The molecule has 0 spiro atoms. The zero-order valence-electron chi connectivity index (χ0n) is 12.9. The second kappa shape index (κ2) is 8.85. The molecule has 2 N–H and O–H groups in total. The Morgan fingerprint density at radius 2 is 2.00 bits per heavy atom. The molecule has 0 aliphatic rings. The summed E-state index contributed by atoms with van der Waals surface area (Å²) in [5.41, 5.74) is -0.00965. The SMILES string of the molecule is CCCCNC(=O)COC(=O)c1ccc(Cl)c(S(=O)(=O)NC)c1. The minimum Gasteiger partial charge on any atom is -0.452 e. The van der Waals surface area contributed by atoms with Crippen molar-refractivity contribution in [3.63, 3.8) is 0 Å². The average Bonchev–Trinajstić information content (AvgIpc) is 2.53. The van der Waals surface area contributed by atoms with Crippen LogP contribution >= 0.6 is 11.6 Å². The van der Waals surface area contributed by atoms with Gasteiger partial charge in [0, 0.05) is 6.54 Å². The molecule has 1 rings (SSSR count). The summed E-state index contributed by atoms with van der Waals surface area (Å²) in [7, 11) is -2.57. The molecule has 0 radical (unpaired) electrons. The predicted molar refractivity (Wildman–Crippen MR) is 85.9 cm³/mol. The van der Waals surface area contributed by atoms with Crippen LogP contribution in [0.5, 0.6) is 0 Å². The third-order valence-corrected chi connectivity index (χ3v) is 4.81. The van der Waals surface area contributed by atoms with Crippen LogP contribution in [0, 0.1) is 0 Å². The van der Waals surface area contributed by atoms with Crippen LogP contribution in [0.25, 0.3) is 0 Å². The van der Waals surface area contributed by atoms with Crippen LogP contribution in [0.1, 0.15) is 30.1 Å². The highest BCUT2D eigenvalue weighted by atomic mass is 35.5. The normalized spacial score (nSPS) is 11.1. The molecule has 9 heteroatoms. The molecule has 1 amide bonds. The Labute approximate surface area is 140 Å². The van der Waals surface area contributed by atoms with Crippen LogP contribution in [0.15, 0.2) is 23.1 Å². The summed E-state index contributed by atoms with van der Waals surface area (Å²) in [5.74, 6) is -1.22. The van der Waals surface area contributed by atoms with Crippen molar-refractivity contribution >= 4 is 33.5 Å². The highest BCUT2D eigenvalue weighted by molar-refractivity contribution is 7.89. The van der Waals surface area contributed by atoms with Crippen molar-refractivity contribution in [1.29, 1.82) is 0 Å². The van der Waals surface area contributed by atoms with E-state index in [2.05, 4.69) is 10.0 Å². The third-order valence-electron chi connectivity index (χ3n) is 2.91.